The van der Waals surface area contributed by atoms with Gasteiger partial charge in [-0.15, -0.1) is 0 Å². The van der Waals surface area contributed by atoms with Gasteiger partial charge in [0.1, 0.15) is 31.1 Å². The number of carbonyl (C=O) groups is 1. The van der Waals surface area contributed by atoms with E-state index in [1.807, 2.05) is 55.1 Å². The summed E-state index contributed by atoms with van der Waals surface area (Å²) in [6, 6.07) is 16.1. The van der Waals surface area contributed by atoms with Crippen LogP contribution in [0.5, 0.6) is 0 Å². The van der Waals surface area contributed by atoms with Gasteiger partial charge in [-0.3, -0.25) is 4.79 Å². The molecule has 5 heteroatoms. The summed E-state index contributed by atoms with van der Waals surface area (Å²) in [6.45, 7) is 2.20. The Morgan fingerprint density at radius 3 is 2.63 bits per heavy atom. The zero-order chi connectivity index (χ0) is 19.0. The molecule has 136 valence electrons. The van der Waals surface area contributed by atoms with E-state index in [0.29, 0.717) is 13.0 Å². The minimum Gasteiger partial charge on any atom is -0.452 e. The van der Waals surface area contributed by atoms with Crippen LogP contribution in [0.2, 0.25) is 0 Å². The predicted molar refractivity (Wildman–Crippen MR) is 109 cm³/mol. The second kappa shape index (κ2) is 6.83. The minimum atomic E-state index is 0.168. The third-order valence-corrected chi connectivity index (χ3v) is 4.69. The number of hydrogen-bond donors (Lipinski definition) is 1. The molecule has 2 aliphatic rings. The normalized spacial score (nSPS) is 11.2. The molecule has 1 heterocycles. The lowest BCUT2D eigenvalue weighted by molar-refractivity contribution is -0.116. The lowest BCUT2D eigenvalue weighted by Gasteiger charge is -2.13. The van der Waals surface area contributed by atoms with E-state index in [2.05, 4.69) is 17.4 Å². The van der Waals surface area contributed by atoms with E-state index in [9.17, 15) is 4.79 Å². The third kappa shape index (κ3) is 3.28. The Hall–Kier alpha value is -3.21. The summed E-state index contributed by atoms with van der Waals surface area (Å²) in [4.78, 5) is 16.1. The Balaban J connectivity index is 1.95. The lowest BCUT2D eigenvalue weighted by atomic mass is 10.1. The molecule has 1 aliphatic carbocycles. The number of fused-ring (bicyclic) bond motifs is 4. The molecule has 2 aromatic carbocycles. The van der Waals surface area contributed by atoms with Gasteiger partial charge in [0.25, 0.3) is 0 Å². The van der Waals surface area contributed by atoms with Crippen LogP contribution in [0.15, 0.2) is 52.9 Å². The maximum atomic E-state index is 11.3. The number of nitrogens with zero attached hydrogens (tertiary/aromatic N) is 2. The molecule has 4 rings (SSSR count). The highest BCUT2D eigenvalue weighted by Crippen LogP contribution is 2.33. The minimum absolute atomic E-state index is 0.168. The molecule has 0 saturated heterocycles. The van der Waals surface area contributed by atoms with Gasteiger partial charge < -0.3 is 9.73 Å². The molecule has 0 radical (unpaired) electrons. The van der Waals surface area contributed by atoms with E-state index in [4.69, 9.17) is 9.40 Å². The zero-order valence-corrected chi connectivity index (χ0v) is 15.7. The van der Waals surface area contributed by atoms with Crippen molar-refractivity contribution in [2.45, 2.75) is 13.3 Å². The number of rotatable bonds is 4. The van der Waals surface area contributed by atoms with Crippen molar-refractivity contribution >= 4 is 33.3 Å². The van der Waals surface area contributed by atoms with Gasteiger partial charge >= 0.3 is 0 Å². The fraction of sp³-hybridized carbons (Fsp3) is 0.227. The van der Waals surface area contributed by atoms with E-state index in [0.717, 1.165) is 44.4 Å². The summed E-state index contributed by atoms with van der Waals surface area (Å²) in [5, 5.41) is 6.54. The number of carbonyl (C=O) groups excluding carboxylic acids is 1. The first kappa shape index (κ1) is 17.2. The van der Waals surface area contributed by atoms with Gasteiger partial charge in [-0.25, -0.2) is 9.56 Å². The SMILES string of the molecule is CC(=O)CCNc1cc2oc3cc(=[N+](C)C)ccc-3nc2c2ccccc12. The molecule has 1 aliphatic heterocycles. The van der Waals surface area contributed by atoms with Gasteiger partial charge in [0.05, 0.1) is 6.07 Å². The number of hydrogen-bond acceptors (Lipinski definition) is 4. The topological polar surface area (TPSA) is 58.1 Å². The second-order valence-electron chi connectivity index (χ2n) is 6.96. The van der Waals surface area contributed by atoms with Crippen molar-refractivity contribution in [1.82, 2.24) is 9.56 Å². The highest BCUT2D eigenvalue weighted by atomic mass is 16.3. The molecular weight excluding hydrogens is 338 g/mol. The largest absolute Gasteiger partial charge is 0.452 e. The van der Waals surface area contributed by atoms with Gasteiger partial charge in [-0.1, -0.05) is 24.3 Å². The van der Waals surface area contributed by atoms with Gasteiger partial charge in [0.2, 0.25) is 5.36 Å². The Morgan fingerprint density at radius 1 is 1.11 bits per heavy atom. The monoisotopic (exact) mass is 360 g/mol. The van der Waals surface area contributed by atoms with Crippen LogP contribution < -0.4 is 15.2 Å². The van der Waals surface area contributed by atoms with Crippen molar-refractivity contribution in [2.75, 3.05) is 26.0 Å². The summed E-state index contributed by atoms with van der Waals surface area (Å²) in [5.74, 6) is 0.917. The highest BCUT2D eigenvalue weighted by molar-refractivity contribution is 6.10. The number of aromatic nitrogens is 1. The summed E-state index contributed by atoms with van der Waals surface area (Å²) in [6.07, 6.45) is 0.492. The van der Waals surface area contributed by atoms with Crippen LogP contribution in [0.4, 0.5) is 5.69 Å². The highest BCUT2D eigenvalue weighted by Gasteiger charge is 2.14. The molecule has 0 unspecified atom stereocenters. The van der Waals surface area contributed by atoms with Crippen molar-refractivity contribution in [1.29, 1.82) is 0 Å². The van der Waals surface area contributed by atoms with E-state index in [1.165, 1.54) is 0 Å². The number of Topliss-reactive ketones (excluding diaryl/α,β-unsaturated/α-hetero) is 1. The Bertz CT molecular complexity index is 1200. The van der Waals surface area contributed by atoms with Crippen molar-refractivity contribution in [3.8, 4) is 11.5 Å². The molecule has 0 spiro atoms. The Morgan fingerprint density at radius 2 is 1.89 bits per heavy atom. The standard InChI is InChI=1S/C22H21N3O2/c1-14(26)10-11-23-19-13-21-22(17-7-5-4-6-16(17)19)24-18-9-8-15(25(2)3)12-20(18)27-21/h4-9,12-13H,10-11H2,1-3H3/p+1. The summed E-state index contributed by atoms with van der Waals surface area (Å²) in [5.41, 5.74) is 3.35. The zero-order valence-electron chi connectivity index (χ0n) is 15.7. The third-order valence-electron chi connectivity index (χ3n) is 4.69. The quantitative estimate of drug-likeness (QED) is 0.344. The van der Waals surface area contributed by atoms with Crippen LogP contribution in [0.1, 0.15) is 13.3 Å². The van der Waals surface area contributed by atoms with Crippen molar-refractivity contribution in [2.24, 2.45) is 0 Å². The molecule has 1 N–H and O–H groups in total. The molecule has 27 heavy (non-hydrogen) atoms. The van der Waals surface area contributed by atoms with Crippen molar-refractivity contribution in [3.05, 3.63) is 53.9 Å². The van der Waals surface area contributed by atoms with Gasteiger partial charge in [0.15, 0.2) is 11.3 Å². The fourth-order valence-electron chi connectivity index (χ4n) is 3.24. The Labute approximate surface area is 157 Å². The van der Waals surface area contributed by atoms with E-state index < -0.39 is 0 Å². The lowest BCUT2D eigenvalue weighted by Crippen LogP contribution is -2.21. The van der Waals surface area contributed by atoms with Crippen LogP contribution >= 0.6 is 0 Å². The van der Waals surface area contributed by atoms with Gasteiger partial charge in [-0.05, 0) is 13.0 Å². The van der Waals surface area contributed by atoms with Crippen LogP contribution in [-0.2, 0) is 4.79 Å². The van der Waals surface area contributed by atoms with Gasteiger partial charge in [0, 0.05) is 41.6 Å². The number of nitrogens with one attached hydrogen (secondary N) is 1. The number of ketones is 1. The van der Waals surface area contributed by atoms with E-state index in [1.54, 1.807) is 6.92 Å². The molecule has 0 amide bonds. The number of anilines is 1. The molecule has 0 aromatic heterocycles. The van der Waals surface area contributed by atoms with Crippen LogP contribution in [0.3, 0.4) is 0 Å². The molecule has 0 bridgehead atoms. The van der Waals surface area contributed by atoms with Crippen molar-refractivity contribution in [3.63, 3.8) is 0 Å². The summed E-state index contributed by atoms with van der Waals surface area (Å²) >= 11 is 0. The van der Waals surface area contributed by atoms with Crippen LogP contribution in [-0.4, -0.2) is 31.4 Å². The maximum absolute atomic E-state index is 11.3. The molecule has 2 aromatic rings. The van der Waals surface area contributed by atoms with Crippen molar-refractivity contribution < 1.29 is 9.21 Å². The summed E-state index contributed by atoms with van der Waals surface area (Å²) in [7, 11) is 4.00. The maximum Gasteiger partial charge on any atom is 0.203 e. The second-order valence-corrected chi connectivity index (χ2v) is 6.96. The Kier molecular flexibility index (Phi) is 4.36. The number of benzene rings is 3. The van der Waals surface area contributed by atoms with E-state index in [-0.39, 0.29) is 5.78 Å². The van der Waals surface area contributed by atoms with Crippen LogP contribution in [0, 0.1) is 0 Å². The van der Waals surface area contributed by atoms with E-state index >= 15 is 0 Å². The molecule has 0 fully saturated rings. The molecule has 0 atom stereocenters. The first-order chi connectivity index (χ1) is 13.0. The summed E-state index contributed by atoms with van der Waals surface area (Å²) < 4.78 is 8.25. The van der Waals surface area contributed by atoms with Crippen LogP contribution in [0.25, 0.3) is 33.3 Å². The average Bonchev–Trinajstić information content (AvgIpc) is 2.66. The fourth-order valence-corrected chi connectivity index (χ4v) is 3.24. The molecule has 5 nitrogen and oxygen atoms in total. The smallest absolute Gasteiger partial charge is 0.203 e. The average molecular weight is 360 g/mol. The first-order valence-electron chi connectivity index (χ1n) is 9.03. The molecule has 0 saturated carbocycles. The molecular formula is C22H22N3O2+. The first-order valence-corrected chi connectivity index (χ1v) is 9.03. The van der Waals surface area contributed by atoms with Gasteiger partial charge in [-0.2, -0.15) is 0 Å². The predicted octanol–water partition coefficient (Wildman–Crippen LogP) is 3.51.